The molecule has 316 valence electrons. The third kappa shape index (κ3) is 6.94. The van der Waals surface area contributed by atoms with Gasteiger partial charge in [0, 0.05) is 22.4 Å². The number of carboxylic acid groups (broad SMARTS) is 1. The molecule has 2 aromatic rings. The molecule has 57 heavy (non-hydrogen) atoms. The van der Waals surface area contributed by atoms with E-state index >= 15 is 0 Å². The lowest BCUT2D eigenvalue weighted by atomic mass is 9.33. The molecular weight excluding hydrogens is 748 g/mol. The first-order valence-electron chi connectivity index (χ1n) is 22.0. The van der Waals surface area contributed by atoms with E-state index in [4.69, 9.17) is 0 Å². The van der Waals surface area contributed by atoms with E-state index in [1.165, 1.54) is 26.7 Å². The zero-order valence-corrected chi connectivity index (χ0v) is 38.2. The first-order valence-corrected chi connectivity index (χ1v) is 22.8. The summed E-state index contributed by atoms with van der Waals surface area (Å²) in [6.07, 6.45) is 9.35. The summed E-state index contributed by atoms with van der Waals surface area (Å²) in [5, 5.41) is 33.1. The molecule has 5 aliphatic carbocycles. The van der Waals surface area contributed by atoms with Crippen molar-refractivity contribution in [1.82, 2.24) is 4.90 Å². The highest BCUT2D eigenvalue weighted by Gasteiger charge is 2.71. The Hall–Kier alpha value is -2.03. The van der Waals surface area contributed by atoms with Crippen LogP contribution in [0.5, 0.6) is 0 Å². The molecule has 0 saturated heterocycles. The van der Waals surface area contributed by atoms with Gasteiger partial charge in [-0.05, 0) is 147 Å². The monoisotopic (exact) mass is 820 g/mol. The van der Waals surface area contributed by atoms with E-state index in [2.05, 4.69) is 134 Å². The van der Waals surface area contributed by atoms with Crippen LogP contribution < -0.4 is 4.90 Å². The van der Waals surface area contributed by atoms with E-state index in [0.717, 1.165) is 64.6 Å². The molecule has 1 aliphatic heterocycles. The number of nitrogens with zero attached hydrogens (tertiary/aromatic N) is 2. The number of hydrogen-bond acceptors (Lipinski definition) is 6. The maximum atomic E-state index is 12.8. The topological polar surface area (TPSA) is 84.2 Å². The summed E-state index contributed by atoms with van der Waals surface area (Å²) in [5.74, 6) is 0.0888. The van der Waals surface area contributed by atoms with Gasteiger partial charge in [-0.2, -0.15) is 0 Å². The summed E-state index contributed by atoms with van der Waals surface area (Å²) in [5.41, 5.74) is 2.97. The lowest BCUT2D eigenvalue weighted by Gasteiger charge is -2.71. The van der Waals surface area contributed by atoms with E-state index in [-0.39, 0.29) is 51.5 Å². The molecule has 4 fully saturated rings. The maximum Gasteiger partial charge on any atom is 0.312 e. The lowest BCUT2D eigenvalue weighted by molar-refractivity contribution is -0.218. The van der Waals surface area contributed by atoms with E-state index < -0.39 is 17.5 Å². The summed E-state index contributed by atoms with van der Waals surface area (Å²) in [7, 11) is 0. The summed E-state index contributed by atoms with van der Waals surface area (Å²) >= 11 is 1.88. The van der Waals surface area contributed by atoms with Crippen LogP contribution in [0.25, 0.3) is 0 Å². The van der Waals surface area contributed by atoms with Crippen molar-refractivity contribution >= 4 is 41.5 Å². The Morgan fingerprint density at radius 1 is 0.825 bits per heavy atom. The number of hydrogen-bond donors (Lipinski definition) is 3. The van der Waals surface area contributed by atoms with E-state index in [1.807, 2.05) is 11.8 Å². The molecule has 4 saturated carbocycles. The largest absolute Gasteiger partial charge is 0.481 e. The van der Waals surface area contributed by atoms with Crippen LogP contribution in [0.3, 0.4) is 0 Å². The van der Waals surface area contributed by atoms with Crippen LogP contribution in [-0.4, -0.2) is 64.1 Å². The Balaban J connectivity index is 0.000000207. The summed E-state index contributed by atoms with van der Waals surface area (Å²) in [6, 6.07) is 18.0. The molecule has 6 aliphatic rings. The van der Waals surface area contributed by atoms with Crippen molar-refractivity contribution < 1.29 is 20.1 Å². The van der Waals surface area contributed by atoms with Crippen LogP contribution in [0.1, 0.15) is 127 Å². The fourth-order valence-corrected chi connectivity index (χ4v) is 15.0. The first kappa shape index (κ1) is 44.5. The fraction of sp³-hybridized carbons (Fsp3) is 0.694. The molecule has 0 spiro atoms. The molecule has 0 amide bonds. The predicted molar refractivity (Wildman–Crippen MR) is 238 cm³/mol. The first-order chi connectivity index (χ1) is 26.3. The van der Waals surface area contributed by atoms with Gasteiger partial charge in [0.2, 0.25) is 0 Å². The Kier molecular flexibility index (Phi) is 12.3. The van der Waals surface area contributed by atoms with Gasteiger partial charge in [0.25, 0.3) is 0 Å². The number of likely N-dealkylation sites (N-methyl/N-ethyl adjacent to an activating group) is 1. The van der Waals surface area contributed by atoms with Gasteiger partial charge in [0.1, 0.15) is 5.41 Å². The van der Waals surface area contributed by atoms with E-state index in [1.54, 1.807) is 0 Å². The highest BCUT2D eigenvalue weighted by atomic mass is 35.5. The number of halogens is 1. The Labute approximate surface area is 355 Å². The fourth-order valence-electron chi connectivity index (χ4n) is 13.9. The Bertz CT molecular complexity index is 1780. The van der Waals surface area contributed by atoms with Crippen LogP contribution in [0, 0.1) is 50.2 Å². The number of aliphatic carboxylic acids is 1. The average molecular weight is 822 g/mol. The SMILES string of the molecule is CC1(C)CCC2(C(=O)O)C(O)CC3(C)C(=CCC4C5(C)CCC(O)C(C)(C)C5CCC43C)C2C1.CCN(CC)C(C)CN1c2ccccc2Sc2ccccc21.Cl. The van der Waals surface area contributed by atoms with Crippen LogP contribution in [0.15, 0.2) is 70.0 Å². The van der Waals surface area contributed by atoms with Crippen LogP contribution in [0.4, 0.5) is 11.4 Å². The highest BCUT2D eigenvalue weighted by Crippen LogP contribution is 2.75. The number of aliphatic hydroxyl groups excluding tert-OH is 2. The number of carboxylic acids is 1. The summed E-state index contributed by atoms with van der Waals surface area (Å²) in [6.45, 7) is 26.4. The van der Waals surface area contributed by atoms with Crippen molar-refractivity contribution in [2.24, 2.45) is 50.2 Å². The summed E-state index contributed by atoms with van der Waals surface area (Å²) in [4.78, 5) is 20.5. The molecule has 10 atom stereocenters. The molecule has 6 nitrogen and oxygen atoms in total. The molecule has 1 heterocycles. The Morgan fingerprint density at radius 2 is 1.42 bits per heavy atom. The zero-order valence-electron chi connectivity index (χ0n) is 36.6. The van der Waals surface area contributed by atoms with Crippen molar-refractivity contribution in [3.63, 3.8) is 0 Å². The molecule has 0 aromatic heterocycles. The number of aliphatic hydroxyl groups is 2. The van der Waals surface area contributed by atoms with Crippen molar-refractivity contribution in [3.05, 3.63) is 60.2 Å². The minimum absolute atomic E-state index is 0. The minimum Gasteiger partial charge on any atom is -0.481 e. The molecule has 10 unspecified atom stereocenters. The third-order valence-electron chi connectivity index (χ3n) is 17.5. The second-order valence-corrected chi connectivity index (χ2v) is 22.0. The van der Waals surface area contributed by atoms with Gasteiger partial charge in [-0.3, -0.25) is 9.69 Å². The van der Waals surface area contributed by atoms with Gasteiger partial charge in [-0.1, -0.05) is 110 Å². The van der Waals surface area contributed by atoms with Crippen molar-refractivity contribution in [2.45, 2.75) is 155 Å². The van der Waals surface area contributed by atoms with E-state index in [9.17, 15) is 20.1 Å². The predicted octanol–water partition coefficient (Wildman–Crippen LogP) is 11.6. The van der Waals surface area contributed by atoms with Crippen LogP contribution in [-0.2, 0) is 4.79 Å². The smallest absolute Gasteiger partial charge is 0.312 e. The number of para-hydroxylation sites is 2. The molecule has 8 rings (SSSR count). The molecule has 2 aromatic carbocycles. The Morgan fingerprint density at radius 3 is 2.00 bits per heavy atom. The van der Waals surface area contributed by atoms with Gasteiger partial charge >= 0.3 is 5.97 Å². The van der Waals surface area contributed by atoms with Gasteiger partial charge in [0.05, 0.1) is 23.6 Å². The van der Waals surface area contributed by atoms with Crippen molar-refractivity contribution in [3.8, 4) is 0 Å². The molecule has 3 N–H and O–H groups in total. The number of fused-ring (bicyclic) bond motifs is 9. The second-order valence-electron chi connectivity index (χ2n) is 20.9. The number of anilines is 2. The molecule has 0 bridgehead atoms. The lowest BCUT2D eigenvalue weighted by Crippen LogP contribution is -2.67. The molecular formula is C49H73ClN2O4S. The van der Waals surface area contributed by atoms with Gasteiger partial charge in [-0.25, -0.2) is 0 Å². The van der Waals surface area contributed by atoms with Crippen LogP contribution in [0.2, 0.25) is 0 Å². The van der Waals surface area contributed by atoms with Gasteiger partial charge < -0.3 is 20.2 Å². The number of rotatable bonds is 6. The standard InChI is InChI=1S/C30H48O4.C19H24N2S.ClH/c1-25(2)14-15-30(24(33)34)19(16-25)18-8-9-21-27(5)12-11-22(31)26(3,4)20(27)10-13-28(21,6)29(18,7)17-23(30)32;1-4-20(5-2)15(3)14-21-16-10-6-8-12-18(16)22-19-13-9-7-11-17(19)21;/h8,19-23,31-32H,9-17H2,1-7H3,(H,33,34);6-13,15H,4-5,14H2,1-3H3;1H. The maximum absolute atomic E-state index is 12.8. The molecule has 8 heteroatoms. The van der Waals surface area contributed by atoms with E-state index in [0.29, 0.717) is 30.7 Å². The zero-order chi connectivity index (χ0) is 40.6. The van der Waals surface area contributed by atoms with Crippen LogP contribution >= 0.6 is 24.2 Å². The number of carbonyl (C=O) groups is 1. The summed E-state index contributed by atoms with van der Waals surface area (Å²) < 4.78 is 0. The number of allylic oxidation sites excluding steroid dienone is 2. The third-order valence-corrected chi connectivity index (χ3v) is 18.6. The van der Waals surface area contributed by atoms with Gasteiger partial charge in [-0.15, -0.1) is 12.4 Å². The minimum atomic E-state index is -1.04. The number of benzene rings is 2. The normalized spacial score (nSPS) is 37.5. The van der Waals surface area contributed by atoms with Gasteiger partial charge in [0.15, 0.2) is 0 Å². The second kappa shape index (κ2) is 15.8. The van der Waals surface area contributed by atoms with Crippen molar-refractivity contribution in [2.75, 3.05) is 24.5 Å². The quantitative estimate of drug-likeness (QED) is 0.250. The van der Waals surface area contributed by atoms with Crippen molar-refractivity contribution in [1.29, 1.82) is 0 Å². The molecule has 0 radical (unpaired) electrons. The average Bonchev–Trinajstić information content (AvgIpc) is 3.14. The highest BCUT2D eigenvalue weighted by molar-refractivity contribution is 7.99.